The van der Waals surface area contributed by atoms with Gasteiger partial charge in [-0.25, -0.2) is 4.98 Å². The van der Waals surface area contributed by atoms with Crippen LogP contribution in [0.3, 0.4) is 0 Å². The van der Waals surface area contributed by atoms with Crippen molar-refractivity contribution in [1.29, 1.82) is 0 Å². The van der Waals surface area contributed by atoms with Crippen molar-refractivity contribution < 1.29 is 9.90 Å². The number of nitrogens with one attached hydrogen (secondary N) is 1. The molecule has 0 bridgehead atoms. The number of carbonyl (C=O) groups excluding carboxylic acids is 1. The Morgan fingerprint density at radius 1 is 0.900 bits per heavy atom. The number of phenols is 1. The second-order valence-corrected chi connectivity index (χ2v) is 10.2. The molecular formula is C25H14N2O2S. The van der Waals surface area contributed by atoms with Crippen LogP contribution in [-0.2, 0) is 30.5 Å². The predicted molar refractivity (Wildman–Crippen MR) is 121 cm³/mol. The first-order valence-corrected chi connectivity index (χ1v) is 11.4. The van der Waals surface area contributed by atoms with Crippen LogP contribution in [0.2, 0.25) is 0 Å². The summed E-state index contributed by atoms with van der Waals surface area (Å²) < 4.78 is 1.24. The molecule has 30 heavy (non-hydrogen) atoms. The van der Waals surface area contributed by atoms with E-state index in [0.717, 1.165) is 62.9 Å². The Hall–Kier alpha value is -3.18. The number of pyridine rings is 1. The zero-order chi connectivity index (χ0) is 19.5. The Morgan fingerprint density at radius 2 is 1.73 bits per heavy atom. The fourth-order valence-corrected chi connectivity index (χ4v) is 7.88. The lowest BCUT2D eigenvalue weighted by Gasteiger charge is -2.23. The standard InChI is InChI=1S/C25H14N2O2S/c28-10-4-8-6-13-17-19-15(8)9(5-10)7-14-18(19)22-20-16-11(24(29)23(26-13)21(17)20)2-1-3-12(16)27-25(22)30-14/h6-7,26,29H,1-5H2. The van der Waals surface area contributed by atoms with Crippen molar-refractivity contribution in [3.8, 4) is 5.75 Å². The van der Waals surface area contributed by atoms with Crippen LogP contribution in [0.1, 0.15) is 28.8 Å². The Morgan fingerprint density at radius 3 is 2.63 bits per heavy atom. The molecule has 4 aromatic carbocycles. The number of ketones is 1. The van der Waals surface area contributed by atoms with Crippen LogP contribution in [-0.4, -0.2) is 20.9 Å². The third kappa shape index (κ3) is 1.33. The fraction of sp³-hybridized carbons (Fsp3) is 0.200. The van der Waals surface area contributed by atoms with Gasteiger partial charge in [-0.05, 0) is 47.9 Å². The number of nitrogens with zero attached hydrogens (tertiary/aromatic N) is 1. The summed E-state index contributed by atoms with van der Waals surface area (Å²) >= 11 is 1.76. The number of Topliss-reactive ketones (excluding diaryl/α,β-unsaturated/α-hetero) is 1. The second-order valence-electron chi connectivity index (χ2n) is 9.16. The third-order valence-corrected chi connectivity index (χ3v) is 8.71. The maximum atomic E-state index is 12.5. The summed E-state index contributed by atoms with van der Waals surface area (Å²) in [6, 6.07) is 4.41. The highest BCUT2D eigenvalue weighted by Crippen LogP contribution is 2.56. The Kier molecular flexibility index (Phi) is 2.11. The number of aryl methyl sites for hydroxylation is 2. The van der Waals surface area contributed by atoms with Gasteiger partial charge in [0.1, 0.15) is 16.4 Å². The molecule has 0 saturated heterocycles. The molecule has 0 unspecified atom stereocenters. The molecule has 7 aromatic rings. The topological polar surface area (TPSA) is 66.0 Å². The minimum atomic E-state index is 0.278. The summed E-state index contributed by atoms with van der Waals surface area (Å²) in [5.41, 5.74) is 6.34. The lowest BCUT2D eigenvalue weighted by atomic mass is 9.80. The van der Waals surface area contributed by atoms with Gasteiger partial charge in [-0.3, -0.25) is 4.79 Å². The van der Waals surface area contributed by atoms with Crippen molar-refractivity contribution in [1.82, 2.24) is 9.97 Å². The van der Waals surface area contributed by atoms with Crippen LogP contribution < -0.4 is 0 Å². The van der Waals surface area contributed by atoms with E-state index in [0.29, 0.717) is 18.6 Å². The predicted octanol–water partition coefficient (Wildman–Crippen LogP) is 5.57. The Labute approximate surface area is 173 Å². The van der Waals surface area contributed by atoms with E-state index in [2.05, 4.69) is 17.1 Å². The van der Waals surface area contributed by atoms with E-state index in [-0.39, 0.29) is 5.78 Å². The Bertz CT molecular complexity index is 1900. The van der Waals surface area contributed by atoms with Crippen molar-refractivity contribution in [2.24, 2.45) is 0 Å². The van der Waals surface area contributed by atoms with Gasteiger partial charge in [0.25, 0.3) is 0 Å². The van der Waals surface area contributed by atoms with E-state index < -0.39 is 0 Å². The van der Waals surface area contributed by atoms with E-state index >= 15 is 0 Å². The van der Waals surface area contributed by atoms with Crippen LogP contribution in [0, 0.1) is 0 Å². The molecule has 0 saturated carbocycles. The van der Waals surface area contributed by atoms with Crippen LogP contribution in [0.15, 0.2) is 12.1 Å². The summed E-state index contributed by atoms with van der Waals surface area (Å²) in [6.45, 7) is 0. The maximum absolute atomic E-state index is 12.5. The number of aromatic amines is 1. The van der Waals surface area contributed by atoms with Gasteiger partial charge in [-0.15, -0.1) is 11.3 Å². The molecule has 0 atom stereocenters. The first-order chi connectivity index (χ1) is 14.7. The third-order valence-electron chi connectivity index (χ3n) is 7.68. The van der Waals surface area contributed by atoms with Crippen LogP contribution in [0.4, 0.5) is 0 Å². The van der Waals surface area contributed by atoms with Crippen molar-refractivity contribution in [2.75, 3.05) is 0 Å². The molecule has 3 aromatic heterocycles. The number of H-pyrrole nitrogens is 1. The first kappa shape index (κ1) is 14.7. The molecule has 3 heterocycles. The molecule has 142 valence electrons. The summed E-state index contributed by atoms with van der Waals surface area (Å²) in [4.78, 5) is 22.3. The molecule has 0 fully saturated rings. The highest BCUT2D eigenvalue weighted by Gasteiger charge is 2.32. The molecule has 2 aliphatic rings. The number of rotatable bonds is 0. The highest BCUT2D eigenvalue weighted by atomic mass is 32.1. The molecule has 4 nitrogen and oxygen atoms in total. The maximum Gasteiger partial charge on any atom is 0.143 e. The number of phenolic OH excluding ortho intramolecular Hbond substituents is 1. The molecule has 9 rings (SSSR count). The van der Waals surface area contributed by atoms with Gasteiger partial charge >= 0.3 is 0 Å². The number of hydrogen-bond acceptors (Lipinski definition) is 4. The number of carbonyl (C=O) groups is 1. The lowest BCUT2D eigenvalue weighted by Crippen LogP contribution is -2.13. The van der Waals surface area contributed by atoms with E-state index in [9.17, 15) is 9.90 Å². The smallest absolute Gasteiger partial charge is 0.143 e. The molecule has 0 radical (unpaired) electrons. The van der Waals surface area contributed by atoms with Crippen LogP contribution >= 0.6 is 11.3 Å². The largest absolute Gasteiger partial charge is 0.505 e. The average Bonchev–Trinajstić information content (AvgIpc) is 3.29. The molecule has 0 aliphatic heterocycles. The van der Waals surface area contributed by atoms with Crippen LogP contribution in [0.5, 0.6) is 5.75 Å². The van der Waals surface area contributed by atoms with Gasteiger partial charge in [0.2, 0.25) is 0 Å². The minimum Gasteiger partial charge on any atom is -0.505 e. The van der Waals surface area contributed by atoms with Crippen molar-refractivity contribution in [2.45, 2.75) is 32.1 Å². The highest BCUT2D eigenvalue weighted by molar-refractivity contribution is 7.26. The average molecular weight is 406 g/mol. The fourth-order valence-electron chi connectivity index (χ4n) is 6.71. The Balaban J connectivity index is 1.76. The summed E-state index contributed by atoms with van der Waals surface area (Å²) in [6.07, 6.45) is 3.88. The summed E-state index contributed by atoms with van der Waals surface area (Å²) in [5.74, 6) is 0.669. The number of benzene rings is 4. The van der Waals surface area contributed by atoms with Gasteiger partial charge in [0.15, 0.2) is 0 Å². The van der Waals surface area contributed by atoms with Crippen molar-refractivity contribution in [3.63, 3.8) is 0 Å². The monoisotopic (exact) mass is 406 g/mol. The SMILES string of the molecule is O=C1Cc2cc3[nH]c4c(O)c5c6c(nc7sc8cc(c2c2c3c4c6c7c82)C1)CCC5. The summed E-state index contributed by atoms with van der Waals surface area (Å²) in [5, 5.41) is 21.3. The van der Waals surface area contributed by atoms with Gasteiger partial charge < -0.3 is 10.1 Å². The van der Waals surface area contributed by atoms with E-state index in [1.165, 1.54) is 42.4 Å². The minimum absolute atomic E-state index is 0.278. The molecule has 0 amide bonds. The lowest BCUT2D eigenvalue weighted by molar-refractivity contribution is -0.117. The van der Waals surface area contributed by atoms with Crippen LogP contribution in [0.25, 0.3) is 63.7 Å². The molecule has 2 N–H and O–H groups in total. The number of hydrogen-bond donors (Lipinski definition) is 2. The van der Waals surface area contributed by atoms with Crippen molar-refractivity contribution in [3.05, 3.63) is 34.5 Å². The van der Waals surface area contributed by atoms with Crippen molar-refractivity contribution >= 4 is 80.8 Å². The van der Waals surface area contributed by atoms with Gasteiger partial charge in [0, 0.05) is 66.3 Å². The molecule has 5 heteroatoms. The molecular weight excluding hydrogens is 392 g/mol. The van der Waals surface area contributed by atoms with E-state index in [1.54, 1.807) is 11.3 Å². The first-order valence-electron chi connectivity index (χ1n) is 10.6. The number of thiophene rings is 1. The molecule has 0 spiro atoms. The van der Waals surface area contributed by atoms with Gasteiger partial charge in [0.05, 0.1) is 11.2 Å². The quantitative estimate of drug-likeness (QED) is 0.256. The van der Waals surface area contributed by atoms with E-state index in [4.69, 9.17) is 4.98 Å². The zero-order valence-electron chi connectivity index (χ0n) is 15.9. The normalized spacial score (nSPS) is 16.9. The van der Waals surface area contributed by atoms with Gasteiger partial charge in [-0.2, -0.15) is 0 Å². The summed E-state index contributed by atoms with van der Waals surface area (Å²) in [7, 11) is 0. The van der Waals surface area contributed by atoms with E-state index in [1.807, 2.05) is 0 Å². The van der Waals surface area contributed by atoms with Gasteiger partial charge in [-0.1, -0.05) is 0 Å². The number of aromatic hydroxyl groups is 1. The second kappa shape index (κ2) is 4.30. The number of aromatic nitrogens is 2. The zero-order valence-corrected chi connectivity index (χ0v) is 16.7. The molecule has 2 aliphatic carbocycles.